The van der Waals surface area contributed by atoms with Crippen molar-refractivity contribution in [1.29, 1.82) is 5.26 Å². The van der Waals surface area contributed by atoms with Crippen molar-refractivity contribution in [3.05, 3.63) is 99.7 Å². The van der Waals surface area contributed by atoms with Crippen molar-refractivity contribution in [2.24, 2.45) is 0 Å². The van der Waals surface area contributed by atoms with Crippen LogP contribution in [0.2, 0.25) is 0 Å². The van der Waals surface area contributed by atoms with Crippen molar-refractivity contribution in [3.8, 4) is 11.8 Å². The summed E-state index contributed by atoms with van der Waals surface area (Å²) >= 11 is 0. The second kappa shape index (κ2) is 11.7. The largest absolute Gasteiger partial charge is 0.479 e. The highest BCUT2D eigenvalue weighted by molar-refractivity contribution is 5.99. The van der Waals surface area contributed by atoms with Crippen molar-refractivity contribution in [2.75, 3.05) is 0 Å². The van der Waals surface area contributed by atoms with E-state index in [9.17, 15) is 20.0 Å². The van der Waals surface area contributed by atoms with Crippen LogP contribution in [0.1, 0.15) is 83.5 Å². The second-order valence-corrected chi connectivity index (χ2v) is 10.6. The number of nitrogens with one attached hydrogen (secondary N) is 1. The molecular weight excluding hydrogens is 502 g/mol. The molecule has 1 aromatic heterocycles. The van der Waals surface area contributed by atoms with Gasteiger partial charge in [0.25, 0.3) is 5.91 Å². The molecule has 0 saturated carbocycles. The van der Waals surface area contributed by atoms with Crippen LogP contribution in [0.25, 0.3) is 10.9 Å². The number of aromatic nitrogens is 1. The number of hydrogen-bond acceptors (Lipinski definition) is 4. The minimum Gasteiger partial charge on any atom is -0.479 e. The third-order valence-corrected chi connectivity index (χ3v) is 7.51. The van der Waals surface area contributed by atoms with E-state index in [-0.39, 0.29) is 11.9 Å². The van der Waals surface area contributed by atoms with Crippen molar-refractivity contribution in [3.63, 3.8) is 0 Å². The number of rotatable bonds is 9. The molecule has 2 atom stereocenters. The number of hydrogen-bond donors (Lipinski definition) is 2. The molecule has 4 rings (SSSR count). The maximum atomic E-state index is 13.2. The molecule has 0 bridgehead atoms. The quantitative estimate of drug-likeness (QED) is 0.249. The third-order valence-electron chi connectivity index (χ3n) is 7.51. The number of fused-ring (bicyclic) bond motifs is 1. The van der Waals surface area contributed by atoms with Crippen LogP contribution in [0.4, 0.5) is 0 Å². The van der Waals surface area contributed by atoms with E-state index >= 15 is 0 Å². The zero-order chi connectivity index (χ0) is 29.1. The molecule has 206 valence electrons. The fraction of sp³-hybridized carbons (Fsp3) is 0.303. The van der Waals surface area contributed by atoms with E-state index in [4.69, 9.17) is 4.74 Å². The van der Waals surface area contributed by atoms with E-state index in [0.29, 0.717) is 29.3 Å². The number of nitrogens with zero attached hydrogens (tertiary/aromatic N) is 2. The van der Waals surface area contributed by atoms with Crippen LogP contribution in [0.5, 0.6) is 5.75 Å². The van der Waals surface area contributed by atoms with Crippen LogP contribution < -0.4 is 10.1 Å². The molecule has 4 aromatic rings. The summed E-state index contributed by atoms with van der Waals surface area (Å²) in [4.78, 5) is 24.5. The summed E-state index contributed by atoms with van der Waals surface area (Å²) in [7, 11) is 0. The minimum absolute atomic E-state index is 0.140. The van der Waals surface area contributed by atoms with Gasteiger partial charge in [-0.3, -0.25) is 4.79 Å². The van der Waals surface area contributed by atoms with E-state index in [1.165, 1.54) is 12.5 Å². The van der Waals surface area contributed by atoms with Gasteiger partial charge in [0.2, 0.25) is 0 Å². The zero-order valence-electron chi connectivity index (χ0n) is 23.8. The molecule has 0 fully saturated rings. The Morgan fingerprint density at radius 3 is 2.40 bits per heavy atom. The van der Waals surface area contributed by atoms with E-state index in [1.54, 1.807) is 18.2 Å². The summed E-state index contributed by atoms with van der Waals surface area (Å²) < 4.78 is 7.64. The highest BCUT2D eigenvalue weighted by Gasteiger charge is 2.18. The second-order valence-electron chi connectivity index (χ2n) is 10.6. The van der Waals surface area contributed by atoms with Crippen LogP contribution in [-0.2, 0) is 11.3 Å². The van der Waals surface area contributed by atoms with Crippen molar-refractivity contribution in [1.82, 2.24) is 9.88 Å². The van der Waals surface area contributed by atoms with Gasteiger partial charge < -0.3 is 19.7 Å². The van der Waals surface area contributed by atoms with E-state index in [0.717, 1.165) is 33.3 Å². The predicted octanol–water partition coefficient (Wildman–Crippen LogP) is 6.64. The SMILES string of the molecule is Cc1c(C)n(Cc2cc(OC(C)C(=O)O)ccc2C#N)c2ccc(C(=O)NC(C)c3cccc(C(C)C)c3)cc12. The number of benzene rings is 3. The Morgan fingerprint density at radius 1 is 1.00 bits per heavy atom. The smallest absolute Gasteiger partial charge is 0.344 e. The summed E-state index contributed by atoms with van der Waals surface area (Å²) in [6, 6.07) is 21.0. The topological polar surface area (TPSA) is 104 Å². The van der Waals surface area contributed by atoms with Gasteiger partial charge in [0.1, 0.15) is 5.75 Å². The van der Waals surface area contributed by atoms with E-state index in [1.807, 2.05) is 51.1 Å². The van der Waals surface area contributed by atoms with Gasteiger partial charge >= 0.3 is 5.97 Å². The first-order valence-electron chi connectivity index (χ1n) is 13.4. The molecule has 3 aromatic carbocycles. The number of amides is 1. The Balaban J connectivity index is 1.62. The first-order chi connectivity index (χ1) is 19.0. The lowest BCUT2D eigenvalue weighted by atomic mass is 9.98. The third kappa shape index (κ3) is 5.86. The summed E-state index contributed by atoms with van der Waals surface area (Å²) in [5.74, 6) is -0.403. The zero-order valence-corrected chi connectivity index (χ0v) is 23.8. The van der Waals surface area contributed by atoms with Gasteiger partial charge in [-0.1, -0.05) is 38.1 Å². The number of aryl methyl sites for hydroxylation is 1. The van der Waals surface area contributed by atoms with Crippen molar-refractivity contribution < 1.29 is 19.4 Å². The molecule has 7 heteroatoms. The molecule has 0 radical (unpaired) electrons. The molecule has 2 unspecified atom stereocenters. The molecule has 0 spiro atoms. The Bertz CT molecular complexity index is 1630. The lowest BCUT2D eigenvalue weighted by Crippen LogP contribution is -2.26. The highest BCUT2D eigenvalue weighted by Crippen LogP contribution is 2.29. The Hall–Kier alpha value is -4.57. The first kappa shape index (κ1) is 28.4. The summed E-state index contributed by atoms with van der Waals surface area (Å²) in [6.45, 7) is 12.2. The van der Waals surface area contributed by atoms with E-state index < -0.39 is 12.1 Å². The number of aliphatic carboxylic acids is 1. The molecule has 1 heterocycles. The van der Waals surface area contributed by atoms with Crippen molar-refractivity contribution in [2.45, 2.75) is 66.2 Å². The lowest BCUT2D eigenvalue weighted by Gasteiger charge is -2.17. The molecule has 0 saturated heterocycles. The number of nitriles is 1. The van der Waals surface area contributed by atoms with Gasteiger partial charge in [-0.05, 0) is 92.3 Å². The maximum absolute atomic E-state index is 13.2. The molecule has 0 aliphatic rings. The number of carbonyl (C=O) groups is 2. The Labute approximate surface area is 235 Å². The average Bonchev–Trinajstić information content (AvgIpc) is 3.17. The fourth-order valence-electron chi connectivity index (χ4n) is 4.85. The average molecular weight is 538 g/mol. The van der Waals surface area contributed by atoms with Gasteiger partial charge in [-0.25, -0.2) is 4.79 Å². The van der Waals surface area contributed by atoms with Gasteiger partial charge in [-0.15, -0.1) is 0 Å². The van der Waals surface area contributed by atoms with Crippen LogP contribution in [0, 0.1) is 25.2 Å². The normalized spacial score (nSPS) is 12.7. The maximum Gasteiger partial charge on any atom is 0.344 e. The first-order valence-corrected chi connectivity index (χ1v) is 13.4. The highest BCUT2D eigenvalue weighted by atomic mass is 16.5. The van der Waals surface area contributed by atoms with E-state index in [2.05, 4.69) is 41.9 Å². The summed E-state index contributed by atoms with van der Waals surface area (Å²) in [5, 5.41) is 23.0. The molecular formula is C33H35N3O4. The number of carboxylic acids is 1. The molecule has 0 aliphatic heterocycles. The molecule has 0 aliphatic carbocycles. The fourth-order valence-corrected chi connectivity index (χ4v) is 4.85. The van der Waals surface area contributed by atoms with Gasteiger partial charge in [0.15, 0.2) is 6.10 Å². The Morgan fingerprint density at radius 2 is 1.73 bits per heavy atom. The standard InChI is InChI=1S/C33H35N3O4/c1-19(2)24-8-7-9-25(14-24)21(4)35-32(37)26-11-13-31-30(16-26)20(3)22(5)36(31)18-28-15-29(12-10-27(28)17-34)40-23(6)33(38)39/h7-16,19,21,23H,18H2,1-6H3,(H,35,37)(H,38,39). The van der Waals surface area contributed by atoms with Crippen molar-refractivity contribution >= 4 is 22.8 Å². The number of carboxylic acid groups (broad SMARTS) is 1. The van der Waals surface area contributed by atoms with Gasteiger partial charge in [0.05, 0.1) is 17.7 Å². The summed E-state index contributed by atoms with van der Waals surface area (Å²) in [6.07, 6.45) is -1.01. The molecule has 7 nitrogen and oxygen atoms in total. The Kier molecular flexibility index (Phi) is 8.29. The lowest BCUT2D eigenvalue weighted by molar-refractivity contribution is -0.144. The predicted molar refractivity (Wildman–Crippen MR) is 156 cm³/mol. The number of carbonyl (C=O) groups excluding carboxylic acids is 1. The van der Waals surface area contributed by atoms with Crippen LogP contribution in [0.3, 0.4) is 0 Å². The molecule has 40 heavy (non-hydrogen) atoms. The minimum atomic E-state index is -1.06. The summed E-state index contributed by atoms with van der Waals surface area (Å²) in [5.41, 5.74) is 7.09. The monoisotopic (exact) mass is 537 g/mol. The van der Waals surface area contributed by atoms with Gasteiger partial charge in [0, 0.05) is 28.7 Å². The van der Waals surface area contributed by atoms with Crippen LogP contribution in [0.15, 0.2) is 60.7 Å². The molecule has 1 amide bonds. The number of ether oxygens (including phenoxy) is 1. The van der Waals surface area contributed by atoms with Crippen LogP contribution in [-0.4, -0.2) is 27.7 Å². The van der Waals surface area contributed by atoms with Crippen LogP contribution >= 0.6 is 0 Å². The van der Waals surface area contributed by atoms with Gasteiger partial charge in [-0.2, -0.15) is 5.26 Å². The molecule has 2 N–H and O–H groups in total.